The number of thioether (sulfide) groups is 1. The van der Waals surface area contributed by atoms with E-state index >= 15 is 0 Å². The zero-order chi connectivity index (χ0) is 18.6. The molecule has 1 aromatic carbocycles. The molecule has 0 saturated heterocycles. The van der Waals surface area contributed by atoms with E-state index in [1.807, 2.05) is 44.8 Å². The fraction of sp³-hybridized carbons (Fsp3) is 0.316. The molecule has 0 atom stereocenters. The first-order valence-electron chi connectivity index (χ1n) is 8.55. The molecule has 0 fully saturated rings. The summed E-state index contributed by atoms with van der Waals surface area (Å²) in [5.74, 6) is 0.643. The zero-order valence-corrected chi connectivity index (χ0v) is 16.0. The number of fused-ring (bicyclic) bond motifs is 3. The van der Waals surface area contributed by atoms with Crippen molar-refractivity contribution in [1.29, 1.82) is 0 Å². The largest absolute Gasteiger partial charge is 0.302 e. The lowest BCUT2D eigenvalue weighted by Crippen LogP contribution is -2.22. The van der Waals surface area contributed by atoms with E-state index in [0.717, 1.165) is 28.1 Å². The highest BCUT2D eigenvalue weighted by atomic mass is 32.2. The van der Waals surface area contributed by atoms with E-state index in [0.29, 0.717) is 12.1 Å². The number of aromatic amines is 1. The average Bonchev–Trinajstić information content (AvgIpc) is 3.19. The monoisotopic (exact) mass is 368 g/mol. The third-order valence-electron chi connectivity index (χ3n) is 4.99. The van der Waals surface area contributed by atoms with E-state index in [1.165, 1.54) is 21.3 Å². The minimum atomic E-state index is -0.275. The number of benzene rings is 1. The van der Waals surface area contributed by atoms with Gasteiger partial charge in [-0.25, -0.2) is 0 Å². The van der Waals surface area contributed by atoms with Gasteiger partial charge in [0.2, 0.25) is 0 Å². The standard InChI is InChI=1S/C19H20N4O2S/c1-5-23-19(25)14(8-21-23)17(24)13-6-10(2)18-15(11(13)3)16-12(9-26-18)7-20-22(16)4/h6-8,21H,5,9H2,1-4H3. The van der Waals surface area contributed by atoms with E-state index in [9.17, 15) is 9.59 Å². The lowest BCUT2D eigenvalue weighted by molar-refractivity contribution is 0.103. The molecule has 1 N–H and O–H groups in total. The van der Waals surface area contributed by atoms with Gasteiger partial charge in [0.15, 0.2) is 5.78 Å². The summed E-state index contributed by atoms with van der Waals surface area (Å²) >= 11 is 1.78. The van der Waals surface area contributed by atoms with Crippen molar-refractivity contribution in [1.82, 2.24) is 19.6 Å². The Morgan fingerprint density at radius 1 is 1.35 bits per heavy atom. The van der Waals surface area contributed by atoms with Crippen LogP contribution >= 0.6 is 11.8 Å². The number of carbonyl (C=O) groups is 1. The highest BCUT2D eigenvalue weighted by Gasteiger charge is 2.28. The van der Waals surface area contributed by atoms with Gasteiger partial charge in [0, 0.05) is 47.1 Å². The predicted molar refractivity (Wildman–Crippen MR) is 102 cm³/mol. The average molecular weight is 368 g/mol. The van der Waals surface area contributed by atoms with E-state index in [4.69, 9.17) is 0 Å². The van der Waals surface area contributed by atoms with E-state index in [1.54, 1.807) is 11.8 Å². The van der Waals surface area contributed by atoms with Crippen molar-refractivity contribution in [3.8, 4) is 11.3 Å². The second kappa shape index (κ2) is 6.02. The lowest BCUT2D eigenvalue weighted by atomic mass is 9.91. The molecule has 0 aliphatic carbocycles. The molecular weight excluding hydrogens is 348 g/mol. The summed E-state index contributed by atoms with van der Waals surface area (Å²) in [4.78, 5) is 26.7. The van der Waals surface area contributed by atoms with E-state index < -0.39 is 0 Å². The van der Waals surface area contributed by atoms with Gasteiger partial charge in [0.1, 0.15) is 5.56 Å². The molecule has 3 aromatic rings. The SMILES string of the molecule is CCn1[nH]cc(C(=O)c2cc(C)c3c(c2C)-c2c(cnn2C)CS3)c1=O. The summed E-state index contributed by atoms with van der Waals surface area (Å²) in [5.41, 5.74) is 5.74. The van der Waals surface area contributed by atoms with Gasteiger partial charge in [-0.2, -0.15) is 5.10 Å². The van der Waals surface area contributed by atoms with Crippen molar-refractivity contribution in [3.63, 3.8) is 0 Å². The smallest absolute Gasteiger partial charge is 0.277 e. The molecular formula is C19H20N4O2S. The van der Waals surface area contributed by atoms with Crippen molar-refractivity contribution in [2.75, 3.05) is 0 Å². The number of ketones is 1. The van der Waals surface area contributed by atoms with Gasteiger partial charge in [-0.1, -0.05) is 0 Å². The van der Waals surface area contributed by atoms with Crippen molar-refractivity contribution >= 4 is 17.5 Å². The number of nitrogens with one attached hydrogen (secondary N) is 1. The normalized spacial score (nSPS) is 12.8. The molecule has 134 valence electrons. The Morgan fingerprint density at radius 2 is 2.12 bits per heavy atom. The van der Waals surface area contributed by atoms with E-state index in [-0.39, 0.29) is 16.9 Å². The van der Waals surface area contributed by atoms with Crippen LogP contribution in [0.25, 0.3) is 11.3 Å². The van der Waals surface area contributed by atoms with Gasteiger partial charge >= 0.3 is 0 Å². The quantitative estimate of drug-likeness (QED) is 0.721. The number of hydrogen-bond acceptors (Lipinski definition) is 4. The molecule has 0 amide bonds. The van der Waals surface area contributed by atoms with Crippen LogP contribution in [0.1, 0.15) is 39.5 Å². The maximum Gasteiger partial charge on any atom is 0.277 e. The van der Waals surface area contributed by atoms with Crippen molar-refractivity contribution < 1.29 is 4.79 Å². The highest BCUT2D eigenvalue weighted by molar-refractivity contribution is 7.98. The molecule has 0 spiro atoms. The number of aromatic nitrogens is 4. The van der Waals surface area contributed by atoms with Crippen LogP contribution in [0, 0.1) is 13.8 Å². The molecule has 26 heavy (non-hydrogen) atoms. The number of aryl methyl sites for hydroxylation is 3. The third-order valence-corrected chi connectivity index (χ3v) is 6.26. The van der Waals surface area contributed by atoms with Crippen LogP contribution in [0.5, 0.6) is 0 Å². The fourth-order valence-corrected chi connectivity index (χ4v) is 4.80. The first kappa shape index (κ1) is 16.9. The topological polar surface area (TPSA) is 72.7 Å². The number of carbonyl (C=O) groups excluding carboxylic acids is 1. The summed E-state index contributed by atoms with van der Waals surface area (Å²) in [6, 6.07) is 1.91. The highest BCUT2D eigenvalue weighted by Crippen LogP contribution is 2.45. The van der Waals surface area contributed by atoms with Crippen LogP contribution in [-0.4, -0.2) is 25.3 Å². The van der Waals surface area contributed by atoms with Crippen molar-refractivity contribution in [3.05, 3.63) is 56.6 Å². The summed E-state index contributed by atoms with van der Waals surface area (Å²) in [5, 5.41) is 7.25. The van der Waals surface area contributed by atoms with Gasteiger partial charge in [-0.05, 0) is 38.0 Å². The van der Waals surface area contributed by atoms with Gasteiger partial charge in [-0.3, -0.25) is 19.0 Å². The van der Waals surface area contributed by atoms with Gasteiger partial charge in [-0.15, -0.1) is 11.8 Å². The number of nitrogens with zero attached hydrogens (tertiary/aromatic N) is 3. The molecule has 3 heterocycles. The second-order valence-corrected chi connectivity index (χ2v) is 7.55. The molecule has 1 aliphatic rings. The number of hydrogen-bond donors (Lipinski definition) is 1. The van der Waals surface area contributed by atoms with Crippen LogP contribution in [0.3, 0.4) is 0 Å². The first-order valence-corrected chi connectivity index (χ1v) is 9.53. The molecule has 6 nitrogen and oxygen atoms in total. The summed E-state index contributed by atoms with van der Waals surface area (Å²) < 4.78 is 3.30. The van der Waals surface area contributed by atoms with Crippen LogP contribution < -0.4 is 5.56 Å². The maximum absolute atomic E-state index is 13.1. The fourth-order valence-electron chi connectivity index (χ4n) is 3.61. The third kappa shape index (κ3) is 2.30. The van der Waals surface area contributed by atoms with Crippen molar-refractivity contribution in [2.45, 2.75) is 38.0 Å². The van der Waals surface area contributed by atoms with Gasteiger partial charge in [0.05, 0.1) is 11.9 Å². The lowest BCUT2D eigenvalue weighted by Gasteiger charge is -2.23. The van der Waals surface area contributed by atoms with Crippen molar-refractivity contribution in [2.24, 2.45) is 7.05 Å². The minimum absolute atomic E-state index is 0.183. The molecule has 0 radical (unpaired) electrons. The molecule has 0 saturated carbocycles. The Labute approximate surface area is 155 Å². The van der Waals surface area contributed by atoms with Crippen LogP contribution in [-0.2, 0) is 19.3 Å². The molecule has 1 aliphatic heterocycles. The Kier molecular flexibility index (Phi) is 3.91. The van der Waals surface area contributed by atoms with Gasteiger partial charge < -0.3 is 5.10 Å². The summed E-state index contributed by atoms with van der Waals surface area (Å²) in [7, 11) is 1.92. The Bertz CT molecular complexity index is 1100. The molecule has 4 rings (SSSR count). The minimum Gasteiger partial charge on any atom is -0.302 e. The summed E-state index contributed by atoms with van der Waals surface area (Å²) in [6.45, 7) is 6.34. The van der Waals surface area contributed by atoms with Crippen LogP contribution in [0.15, 0.2) is 28.2 Å². The molecule has 7 heteroatoms. The number of H-pyrrole nitrogens is 1. The Morgan fingerprint density at radius 3 is 2.81 bits per heavy atom. The van der Waals surface area contributed by atoms with E-state index in [2.05, 4.69) is 10.2 Å². The summed E-state index contributed by atoms with van der Waals surface area (Å²) in [6.07, 6.45) is 3.40. The maximum atomic E-state index is 13.1. The number of rotatable bonds is 3. The van der Waals surface area contributed by atoms with Gasteiger partial charge in [0.25, 0.3) is 5.56 Å². The van der Waals surface area contributed by atoms with Crippen LogP contribution in [0.4, 0.5) is 0 Å². The Balaban J connectivity index is 1.94. The predicted octanol–water partition coefficient (Wildman–Crippen LogP) is 3.05. The second-order valence-electron chi connectivity index (χ2n) is 6.57. The zero-order valence-electron chi connectivity index (χ0n) is 15.2. The van der Waals surface area contributed by atoms with Crippen LogP contribution in [0.2, 0.25) is 0 Å². The first-order chi connectivity index (χ1) is 12.4. The Hall–Kier alpha value is -2.54. The molecule has 2 aromatic heterocycles. The molecule has 0 bridgehead atoms. The molecule has 0 unspecified atom stereocenters.